The average Bonchev–Trinajstić information content (AvgIpc) is 2.18. The minimum Gasteiger partial charge on any atom is -0.490 e. The Balaban J connectivity index is 3.06. The molecule has 0 saturated carbocycles. The van der Waals surface area contributed by atoms with Crippen LogP contribution in [0, 0.1) is 0 Å². The van der Waals surface area contributed by atoms with Crippen molar-refractivity contribution in [1.29, 1.82) is 0 Å². The highest BCUT2D eigenvalue weighted by molar-refractivity contribution is 5.44. The molecule has 0 saturated heterocycles. The Morgan fingerprint density at radius 3 is 2.29 bits per heavy atom. The van der Waals surface area contributed by atoms with Gasteiger partial charge in [-0.1, -0.05) is 19.9 Å². The van der Waals surface area contributed by atoms with Gasteiger partial charge in [-0.3, -0.25) is 0 Å². The predicted octanol–water partition coefficient (Wildman–Crippen LogP) is 4.11. The molecule has 0 aliphatic carbocycles. The van der Waals surface area contributed by atoms with E-state index >= 15 is 0 Å². The Hall–Kier alpha value is -1.39. The molecule has 0 spiro atoms. The molecule has 1 aromatic rings. The maximum Gasteiger partial charge on any atom is 0.573 e. The van der Waals surface area contributed by atoms with Gasteiger partial charge in [-0.15, -0.1) is 13.2 Å². The van der Waals surface area contributed by atoms with Crippen molar-refractivity contribution in [2.45, 2.75) is 33.1 Å². The van der Waals surface area contributed by atoms with Gasteiger partial charge in [0.15, 0.2) is 11.5 Å². The molecule has 2 nitrogen and oxygen atoms in total. The van der Waals surface area contributed by atoms with E-state index in [2.05, 4.69) is 4.74 Å². The number of hydrogen-bond acceptors (Lipinski definition) is 2. The summed E-state index contributed by atoms with van der Waals surface area (Å²) in [5.41, 5.74) is 0.771. The van der Waals surface area contributed by atoms with E-state index in [-0.39, 0.29) is 24.0 Å². The third-order valence-electron chi connectivity index (χ3n) is 2.16. The van der Waals surface area contributed by atoms with Crippen LogP contribution >= 0.6 is 0 Å². The van der Waals surface area contributed by atoms with Gasteiger partial charge in [0.2, 0.25) is 0 Å². The highest BCUT2D eigenvalue weighted by Crippen LogP contribution is 2.34. The van der Waals surface area contributed by atoms with Gasteiger partial charge in [-0.05, 0) is 30.5 Å². The molecular formula is C12H15F3O2. The van der Waals surface area contributed by atoms with Gasteiger partial charge < -0.3 is 9.47 Å². The topological polar surface area (TPSA) is 18.5 Å². The second-order valence-electron chi connectivity index (χ2n) is 3.84. The standard InChI is InChI=1S/C12H15F3O2/c1-4-16-10-6-5-9(8(2)3)7-11(10)17-12(13,14)15/h5-8H,4H2,1-3H3. The summed E-state index contributed by atoms with van der Waals surface area (Å²) >= 11 is 0. The molecule has 0 bridgehead atoms. The molecule has 0 aromatic heterocycles. The van der Waals surface area contributed by atoms with Crippen molar-refractivity contribution in [3.8, 4) is 11.5 Å². The van der Waals surface area contributed by atoms with Crippen LogP contribution in [0.25, 0.3) is 0 Å². The van der Waals surface area contributed by atoms with E-state index in [4.69, 9.17) is 4.74 Å². The maximum atomic E-state index is 12.2. The number of ether oxygens (including phenoxy) is 2. The van der Waals surface area contributed by atoms with Crippen LogP contribution < -0.4 is 9.47 Å². The zero-order chi connectivity index (χ0) is 13.1. The lowest BCUT2D eigenvalue weighted by atomic mass is 10.0. The largest absolute Gasteiger partial charge is 0.573 e. The van der Waals surface area contributed by atoms with Crippen molar-refractivity contribution in [2.75, 3.05) is 6.61 Å². The Morgan fingerprint density at radius 2 is 1.82 bits per heavy atom. The fraction of sp³-hybridized carbons (Fsp3) is 0.500. The van der Waals surface area contributed by atoms with Crippen molar-refractivity contribution in [1.82, 2.24) is 0 Å². The van der Waals surface area contributed by atoms with Gasteiger partial charge in [0, 0.05) is 0 Å². The molecule has 0 radical (unpaired) electrons. The SMILES string of the molecule is CCOc1ccc(C(C)C)cc1OC(F)(F)F. The fourth-order valence-corrected chi connectivity index (χ4v) is 1.36. The van der Waals surface area contributed by atoms with Gasteiger partial charge in [-0.2, -0.15) is 0 Å². The summed E-state index contributed by atoms with van der Waals surface area (Å²) < 4.78 is 45.7. The first-order valence-corrected chi connectivity index (χ1v) is 5.36. The van der Waals surface area contributed by atoms with E-state index in [1.807, 2.05) is 13.8 Å². The summed E-state index contributed by atoms with van der Waals surface area (Å²) in [5, 5.41) is 0. The van der Waals surface area contributed by atoms with Gasteiger partial charge >= 0.3 is 6.36 Å². The van der Waals surface area contributed by atoms with Crippen molar-refractivity contribution < 1.29 is 22.6 Å². The summed E-state index contributed by atoms with van der Waals surface area (Å²) in [6, 6.07) is 4.60. The summed E-state index contributed by atoms with van der Waals surface area (Å²) in [7, 11) is 0. The monoisotopic (exact) mass is 248 g/mol. The molecular weight excluding hydrogens is 233 g/mol. The van der Waals surface area contributed by atoms with Crippen LogP contribution in [0.5, 0.6) is 11.5 Å². The van der Waals surface area contributed by atoms with Crippen LogP contribution in [0.15, 0.2) is 18.2 Å². The van der Waals surface area contributed by atoms with E-state index in [9.17, 15) is 13.2 Å². The van der Waals surface area contributed by atoms with E-state index in [0.717, 1.165) is 5.56 Å². The highest BCUT2D eigenvalue weighted by atomic mass is 19.4. The number of rotatable bonds is 4. The molecule has 0 heterocycles. The van der Waals surface area contributed by atoms with Crippen molar-refractivity contribution in [2.24, 2.45) is 0 Å². The third kappa shape index (κ3) is 4.17. The Labute approximate surface area is 98.3 Å². The van der Waals surface area contributed by atoms with Crippen molar-refractivity contribution in [3.05, 3.63) is 23.8 Å². The zero-order valence-electron chi connectivity index (χ0n) is 9.97. The van der Waals surface area contributed by atoms with E-state index in [1.54, 1.807) is 13.0 Å². The average molecular weight is 248 g/mol. The quantitative estimate of drug-likeness (QED) is 0.798. The molecule has 1 rings (SSSR count). The molecule has 0 amide bonds. The first-order chi connectivity index (χ1) is 7.83. The summed E-state index contributed by atoms with van der Waals surface area (Å²) in [5.74, 6) is -0.0546. The molecule has 17 heavy (non-hydrogen) atoms. The maximum absolute atomic E-state index is 12.2. The van der Waals surface area contributed by atoms with Crippen molar-refractivity contribution >= 4 is 0 Å². The molecule has 96 valence electrons. The Morgan fingerprint density at radius 1 is 1.18 bits per heavy atom. The van der Waals surface area contributed by atoms with Gasteiger partial charge in [0.25, 0.3) is 0 Å². The number of halogens is 3. The summed E-state index contributed by atoms with van der Waals surface area (Å²) in [4.78, 5) is 0. The Bertz CT molecular complexity index is 373. The van der Waals surface area contributed by atoms with Crippen LogP contribution in [0.3, 0.4) is 0 Å². The number of benzene rings is 1. The molecule has 0 unspecified atom stereocenters. The Kier molecular flexibility index (Phi) is 4.26. The van der Waals surface area contributed by atoms with Crippen LogP contribution in [0.1, 0.15) is 32.3 Å². The zero-order valence-corrected chi connectivity index (χ0v) is 9.97. The minimum atomic E-state index is -4.71. The van der Waals surface area contributed by atoms with Crippen LogP contribution in [0.2, 0.25) is 0 Å². The lowest BCUT2D eigenvalue weighted by Gasteiger charge is -2.15. The lowest BCUT2D eigenvalue weighted by Crippen LogP contribution is -2.18. The molecule has 0 aliphatic heterocycles. The van der Waals surface area contributed by atoms with E-state index < -0.39 is 6.36 Å². The fourth-order valence-electron chi connectivity index (χ4n) is 1.36. The van der Waals surface area contributed by atoms with Gasteiger partial charge in [0.05, 0.1) is 6.61 Å². The van der Waals surface area contributed by atoms with Crippen molar-refractivity contribution in [3.63, 3.8) is 0 Å². The first kappa shape index (κ1) is 13.7. The number of alkyl halides is 3. The second-order valence-corrected chi connectivity index (χ2v) is 3.84. The normalized spacial score (nSPS) is 11.7. The minimum absolute atomic E-state index is 0.106. The molecule has 0 atom stereocenters. The molecule has 1 aromatic carbocycles. The van der Waals surface area contributed by atoms with Gasteiger partial charge in [-0.25, -0.2) is 0 Å². The highest BCUT2D eigenvalue weighted by Gasteiger charge is 2.32. The predicted molar refractivity (Wildman–Crippen MR) is 58.4 cm³/mol. The van der Waals surface area contributed by atoms with Crippen LogP contribution in [-0.2, 0) is 0 Å². The second kappa shape index (κ2) is 5.29. The lowest BCUT2D eigenvalue weighted by molar-refractivity contribution is -0.275. The molecule has 5 heteroatoms. The summed E-state index contributed by atoms with van der Waals surface area (Å²) in [6.07, 6.45) is -4.71. The third-order valence-corrected chi connectivity index (χ3v) is 2.16. The van der Waals surface area contributed by atoms with E-state index in [0.29, 0.717) is 0 Å². The number of hydrogen-bond donors (Lipinski definition) is 0. The molecule has 0 N–H and O–H groups in total. The van der Waals surface area contributed by atoms with Crippen LogP contribution in [-0.4, -0.2) is 13.0 Å². The molecule has 0 fully saturated rings. The summed E-state index contributed by atoms with van der Waals surface area (Å²) in [6.45, 7) is 5.78. The first-order valence-electron chi connectivity index (χ1n) is 5.36. The van der Waals surface area contributed by atoms with Gasteiger partial charge in [0.1, 0.15) is 0 Å². The van der Waals surface area contributed by atoms with Crippen LogP contribution in [0.4, 0.5) is 13.2 Å². The molecule has 0 aliphatic rings. The smallest absolute Gasteiger partial charge is 0.490 e. The van der Waals surface area contributed by atoms with E-state index in [1.165, 1.54) is 12.1 Å².